The first-order valence-corrected chi connectivity index (χ1v) is 9.46. The van der Waals surface area contributed by atoms with Gasteiger partial charge in [-0.05, 0) is 43.7 Å². The number of carbonyl (C=O) groups is 1. The molecule has 146 valence electrons. The van der Waals surface area contributed by atoms with E-state index in [2.05, 4.69) is 36.3 Å². The maximum absolute atomic E-state index is 12.0. The molecule has 26 heavy (non-hydrogen) atoms. The van der Waals surface area contributed by atoms with E-state index >= 15 is 0 Å². The largest absolute Gasteiger partial charge is 0.357 e. The van der Waals surface area contributed by atoms with Crippen molar-refractivity contribution in [3.05, 3.63) is 35.9 Å². The van der Waals surface area contributed by atoms with Gasteiger partial charge in [-0.1, -0.05) is 32.0 Å². The van der Waals surface area contributed by atoms with Gasteiger partial charge in [-0.15, -0.1) is 24.0 Å². The molecule has 2 N–H and O–H groups in total. The quantitative estimate of drug-likeness (QED) is 0.289. The molecule has 0 aliphatic carbocycles. The van der Waals surface area contributed by atoms with Gasteiger partial charge in [-0.3, -0.25) is 9.79 Å². The van der Waals surface area contributed by atoms with Gasteiger partial charge < -0.3 is 15.5 Å². The van der Waals surface area contributed by atoms with Gasteiger partial charge in [0.2, 0.25) is 0 Å². The molecule has 2 unspecified atom stereocenters. The zero-order valence-electron chi connectivity index (χ0n) is 16.2. The lowest BCUT2D eigenvalue weighted by molar-refractivity contribution is 0.0953. The maximum atomic E-state index is 12.0. The number of hydrogen-bond donors (Lipinski definition) is 2. The van der Waals surface area contributed by atoms with E-state index in [9.17, 15) is 4.79 Å². The monoisotopic (exact) mass is 472 g/mol. The number of benzene rings is 1. The number of rotatable bonds is 6. The topological polar surface area (TPSA) is 56.7 Å². The Balaban J connectivity index is 0.00000338. The summed E-state index contributed by atoms with van der Waals surface area (Å²) in [6, 6.07) is 9.33. The number of hydrogen-bond acceptors (Lipinski definition) is 2. The van der Waals surface area contributed by atoms with Crippen LogP contribution in [0.3, 0.4) is 0 Å². The van der Waals surface area contributed by atoms with Crippen LogP contribution in [-0.2, 0) is 0 Å². The molecule has 0 bridgehead atoms. The van der Waals surface area contributed by atoms with Crippen molar-refractivity contribution in [3.8, 4) is 0 Å². The van der Waals surface area contributed by atoms with Crippen molar-refractivity contribution < 1.29 is 4.79 Å². The molecule has 5 nitrogen and oxygen atoms in total. The molecule has 0 spiro atoms. The lowest BCUT2D eigenvalue weighted by atomic mass is 9.92. The van der Waals surface area contributed by atoms with Gasteiger partial charge in [-0.2, -0.15) is 0 Å². The normalized spacial score (nSPS) is 20.3. The van der Waals surface area contributed by atoms with Crippen LogP contribution in [0.2, 0.25) is 0 Å². The highest BCUT2D eigenvalue weighted by atomic mass is 127. The van der Waals surface area contributed by atoms with E-state index in [0.717, 1.165) is 38.6 Å². The molecule has 1 aromatic rings. The van der Waals surface area contributed by atoms with E-state index < -0.39 is 0 Å². The number of guanidine groups is 1. The van der Waals surface area contributed by atoms with Gasteiger partial charge in [0, 0.05) is 38.3 Å². The van der Waals surface area contributed by atoms with Crippen LogP contribution in [0.4, 0.5) is 0 Å². The second-order valence-electron chi connectivity index (χ2n) is 7.06. The molecule has 1 saturated heterocycles. The number of aliphatic imine (C=N–C) groups is 1. The lowest BCUT2D eigenvalue weighted by Crippen LogP contribution is -2.48. The van der Waals surface area contributed by atoms with Crippen molar-refractivity contribution in [2.45, 2.75) is 33.6 Å². The highest BCUT2D eigenvalue weighted by Gasteiger charge is 2.23. The van der Waals surface area contributed by atoms with Crippen molar-refractivity contribution in [2.75, 3.05) is 32.7 Å². The maximum Gasteiger partial charge on any atom is 0.251 e. The minimum atomic E-state index is -0.0184. The van der Waals surface area contributed by atoms with Crippen LogP contribution < -0.4 is 10.6 Å². The molecule has 6 heteroatoms. The van der Waals surface area contributed by atoms with Crippen LogP contribution in [0.5, 0.6) is 0 Å². The smallest absolute Gasteiger partial charge is 0.251 e. The molecular weight excluding hydrogens is 439 g/mol. The molecule has 0 radical (unpaired) electrons. The van der Waals surface area contributed by atoms with Crippen molar-refractivity contribution in [2.24, 2.45) is 16.8 Å². The number of carbonyl (C=O) groups excluding carboxylic acids is 1. The molecule has 1 amide bonds. The summed E-state index contributed by atoms with van der Waals surface area (Å²) in [6.45, 7) is 11.1. The Bertz CT molecular complexity index is 554. The van der Waals surface area contributed by atoms with Crippen LogP contribution in [0.1, 0.15) is 44.0 Å². The number of amides is 1. The minimum absolute atomic E-state index is 0. The van der Waals surface area contributed by atoms with E-state index in [0.29, 0.717) is 23.9 Å². The summed E-state index contributed by atoms with van der Waals surface area (Å²) in [6.07, 6.45) is 2.13. The van der Waals surface area contributed by atoms with Crippen molar-refractivity contribution in [1.29, 1.82) is 0 Å². The van der Waals surface area contributed by atoms with Gasteiger partial charge in [0.15, 0.2) is 5.96 Å². The number of likely N-dealkylation sites (tertiary alicyclic amines) is 1. The van der Waals surface area contributed by atoms with Gasteiger partial charge >= 0.3 is 0 Å². The van der Waals surface area contributed by atoms with Gasteiger partial charge in [-0.25, -0.2) is 0 Å². The average Bonchev–Trinajstić information content (AvgIpc) is 2.60. The summed E-state index contributed by atoms with van der Waals surface area (Å²) in [4.78, 5) is 19.1. The third-order valence-electron chi connectivity index (χ3n) is 4.42. The van der Waals surface area contributed by atoms with E-state index in [1.807, 2.05) is 30.3 Å². The molecule has 1 aliphatic heterocycles. The second-order valence-corrected chi connectivity index (χ2v) is 7.06. The van der Waals surface area contributed by atoms with Crippen molar-refractivity contribution in [1.82, 2.24) is 15.5 Å². The predicted octanol–water partition coefficient (Wildman–Crippen LogP) is 3.37. The van der Waals surface area contributed by atoms with E-state index in [-0.39, 0.29) is 29.9 Å². The summed E-state index contributed by atoms with van der Waals surface area (Å²) < 4.78 is 0. The Morgan fingerprint density at radius 3 is 2.42 bits per heavy atom. The molecule has 1 fully saturated rings. The Hall–Kier alpha value is -1.31. The first kappa shape index (κ1) is 22.7. The first-order chi connectivity index (χ1) is 12.1. The summed E-state index contributed by atoms with van der Waals surface area (Å²) in [5, 5.41) is 6.36. The third kappa shape index (κ3) is 7.51. The molecule has 1 aliphatic rings. The van der Waals surface area contributed by atoms with E-state index in [1.54, 1.807) is 0 Å². The zero-order valence-corrected chi connectivity index (χ0v) is 18.5. The first-order valence-electron chi connectivity index (χ1n) is 9.46. The third-order valence-corrected chi connectivity index (χ3v) is 4.42. The predicted molar refractivity (Wildman–Crippen MR) is 119 cm³/mol. The highest BCUT2D eigenvalue weighted by Crippen LogP contribution is 2.20. The Kier molecular flexibility index (Phi) is 10.6. The van der Waals surface area contributed by atoms with E-state index in [4.69, 9.17) is 4.99 Å². The summed E-state index contributed by atoms with van der Waals surface area (Å²) in [7, 11) is 0. The average molecular weight is 472 g/mol. The van der Waals surface area contributed by atoms with Crippen LogP contribution in [0.15, 0.2) is 35.3 Å². The van der Waals surface area contributed by atoms with Crippen molar-refractivity contribution in [3.63, 3.8) is 0 Å². The number of nitrogens with one attached hydrogen (secondary N) is 2. The number of halogens is 1. The highest BCUT2D eigenvalue weighted by molar-refractivity contribution is 14.0. The number of nitrogens with zero attached hydrogens (tertiary/aromatic N) is 2. The van der Waals surface area contributed by atoms with E-state index in [1.165, 1.54) is 6.42 Å². The molecule has 2 atom stereocenters. The Morgan fingerprint density at radius 1 is 1.15 bits per heavy atom. The summed E-state index contributed by atoms with van der Waals surface area (Å²) >= 11 is 0. The van der Waals surface area contributed by atoms with Crippen LogP contribution >= 0.6 is 24.0 Å². The fourth-order valence-corrected chi connectivity index (χ4v) is 3.42. The molecule has 1 aromatic carbocycles. The van der Waals surface area contributed by atoms with Crippen LogP contribution in [0.25, 0.3) is 0 Å². The second kappa shape index (κ2) is 12.1. The van der Waals surface area contributed by atoms with Gasteiger partial charge in [0.05, 0.1) is 0 Å². The number of piperidine rings is 1. The molecule has 2 rings (SSSR count). The lowest BCUT2D eigenvalue weighted by Gasteiger charge is -2.37. The summed E-state index contributed by atoms with van der Waals surface area (Å²) in [5.74, 6) is 2.40. The fraction of sp³-hybridized carbons (Fsp3) is 0.600. The van der Waals surface area contributed by atoms with Crippen LogP contribution in [0, 0.1) is 11.8 Å². The fourth-order valence-electron chi connectivity index (χ4n) is 3.42. The Labute approximate surface area is 175 Å². The molecule has 1 heterocycles. The molecular formula is C20H33IN4O. The Morgan fingerprint density at radius 2 is 1.81 bits per heavy atom. The standard InChI is InChI=1S/C20H32N4O.HI/c1-4-21-20(24-14-16(2)13-17(3)15-24)23-12-8-11-22-19(25)18-9-6-5-7-10-18;/h5-7,9-10,16-17H,4,8,11-15H2,1-3H3,(H,21,23)(H,22,25);1H. The van der Waals surface area contributed by atoms with Crippen molar-refractivity contribution >= 4 is 35.8 Å². The van der Waals surface area contributed by atoms with Crippen LogP contribution in [-0.4, -0.2) is 49.5 Å². The minimum Gasteiger partial charge on any atom is -0.357 e. The van der Waals surface area contributed by atoms with Gasteiger partial charge in [0.1, 0.15) is 0 Å². The SMILES string of the molecule is CCNC(=NCCCNC(=O)c1ccccc1)N1CC(C)CC(C)C1.I. The van der Waals surface area contributed by atoms with Gasteiger partial charge in [0.25, 0.3) is 5.91 Å². The molecule has 0 aromatic heterocycles. The summed E-state index contributed by atoms with van der Waals surface area (Å²) in [5.41, 5.74) is 0.704. The molecule has 0 saturated carbocycles. The zero-order chi connectivity index (χ0) is 18.1.